The van der Waals surface area contributed by atoms with Gasteiger partial charge in [0.05, 0.1) is 0 Å². The molecule has 0 aliphatic rings. The van der Waals surface area contributed by atoms with Crippen LogP contribution in [0.15, 0.2) is 5.03 Å². The third kappa shape index (κ3) is 3.85. The summed E-state index contributed by atoms with van der Waals surface area (Å²) in [6, 6.07) is 0. The Morgan fingerprint density at radius 1 is 1.35 bits per heavy atom. The normalized spacial score (nSPS) is 12.5. The number of nitrogen functional groups attached to an aromatic ring is 1. The SMILES string of the molecule is CCCc1nc(NN)c(C)c(SC(C)CC)n1. The molecule has 3 N–H and O–H groups in total. The summed E-state index contributed by atoms with van der Waals surface area (Å²) < 4.78 is 0. The second kappa shape index (κ2) is 6.81. The predicted octanol–water partition coefficient (Wildman–Crippen LogP) is 2.91. The molecule has 1 rings (SSSR count). The monoisotopic (exact) mass is 254 g/mol. The second-order valence-corrected chi connectivity index (χ2v) is 5.58. The average molecular weight is 254 g/mol. The van der Waals surface area contributed by atoms with Gasteiger partial charge in [-0.1, -0.05) is 20.8 Å². The van der Waals surface area contributed by atoms with Crippen LogP contribution in [0.1, 0.15) is 45.0 Å². The molecule has 1 aromatic heterocycles. The van der Waals surface area contributed by atoms with Crippen molar-refractivity contribution in [1.29, 1.82) is 0 Å². The Hall–Kier alpha value is -0.810. The molecule has 0 amide bonds. The fourth-order valence-electron chi connectivity index (χ4n) is 1.40. The summed E-state index contributed by atoms with van der Waals surface area (Å²) in [5.41, 5.74) is 3.70. The number of anilines is 1. The lowest BCUT2D eigenvalue weighted by atomic mass is 10.3. The van der Waals surface area contributed by atoms with Crippen LogP contribution in [0.5, 0.6) is 0 Å². The van der Waals surface area contributed by atoms with E-state index in [0.717, 1.165) is 41.5 Å². The molecule has 5 heteroatoms. The van der Waals surface area contributed by atoms with Crippen molar-refractivity contribution in [2.75, 3.05) is 5.43 Å². The maximum Gasteiger partial charge on any atom is 0.147 e. The maximum atomic E-state index is 5.50. The summed E-state index contributed by atoms with van der Waals surface area (Å²) in [5, 5.41) is 1.61. The average Bonchev–Trinajstić information content (AvgIpc) is 2.33. The molecule has 96 valence electrons. The largest absolute Gasteiger partial charge is 0.308 e. The Bertz CT molecular complexity index is 368. The van der Waals surface area contributed by atoms with Crippen LogP contribution >= 0.6 is 11.8 Å². The molecule has 0 saturated heterocycles. The molecule has 0 aliphatic carbocycles. The highest BCUT2D eigenvalue weighted by Crippen LogP contribution is 2.29. The Morgan fingerprint density at radius 3 is 2.59 bits per heavy atom. The van der Waals surface area contributed by atoms with Gasteiger partial charge in [-0.2, -0.15) is 0 Å². The van der Waals surface area contributed by atoms with Gasteiger partial charge in [0, 0.05) is 17.2 Å². The van der Waals surface area contributed by atoms with E-state index < -0.39 is 0 Å². The number of nitrogens with one attached hydrogen (secondary N) is 1. The van der Waals surface area contributed by atoms with E-state index >= 15 is 0 Å². The Labute approximate surface area is 108 Å². The zero-order chi connectivity index (χ0) is 12.8. The summed E-state index contributed by atoms with van der Waals surface area (Å²) in [6.07, 6.45) is 3.06. The fraction of sp³-hybridized carbons (Fsp3) is 0.667. The van der Waals surface area contributed by atoms with Gasteiger partial charge in [0.1, 0.15) is 16.7 Å². The molecule has 0 bridgehead atoms. The number of nitrogens with two attached hydrogens (primary N) is 1. The van der Waals surface area contributed by atoms with E-state index in [1.807, 2.05) is 6.92 Å². The van der Waals surface area contributed by atoms with Crippen molar-refractivity contribution < 1.29 is 0 Å². The predicted molar refractivity (Wildman–Crippen MR) is 74.2 cm³/mol. The minimum atomic E-state index is 0.559. The number of hydrogen-bond donors (Lipinski definition) is 2. The van der Waals surface area contributed by atoms with Crippen molar-refractivity contribution >= 4 is 17.6 Å². The van der Waals surface area contributed by atoms with Gasteiger partial charge in [-0.3, -0.25) is 0 Å². The molecular weight excluding hydrogens is 232 g/mol. The molecule has 4 nitrogen and oxygen atoms in total. The number of hydrogen-bond acceptors (Lipinski definition) is 5. The van der Waals surface area contributed by atoms with Crippen molar-refractivity contribution in [2.45, 2.75) is 57.2 Å². The first-order chi connectivity index (χ1) is 8.12. The van der Waals surface area contributed by atoms with Crippen LogP contribution in [0, 0.1) is 6.92 Å². The van der Waals surface area contributed by atoms with E-state index in [9.17, 15) is 0 Å². The molecule has 1 unspecified atom stereocenters. The fourth-order valence-corrected chi connectivity index (χ4v) is 2.38. The number of aryl methyl sites for hydroxylation is 1. The molecule has 1 atom stereocenters. The zero-order valence-corrected chi connectivity index (χ0v) is 11.9. The van der Waals surface area contributed by atoms with E-state index in [4.69, 9.17) is 5.84 Å². The van der Waals surface area contributed by atoms with Gasteiger partial charge >= 0.3 is 0 Å². The van der Waals surface area contributed by atoms with Gasteiger partial charge in [-0.05, 0) is 19.8 Å². The van der Waals surface area contributed by atoms with Gasteiger partial charge in [0.25, 0.3) is 0 Å². The quantitative estimate of drug-likeness (QED) is 0.354. The summed E-state index contributed by atoms with van der Waals surface area (Å²) in [4.78, 5) is 9.03. The lowest BCUT2D eigenvalue weighted by Gasteiger charge is -2.14. The van der Waals surface area contributed by atoms with Crippen molar-refractivity contribution in [3.8, 4) is 0 Å². The van der Waals surface area contributed by atoms with E-state index in [1.54, 1.807) is 11.8 Å². The highest BCUT2D eigenvalue weighted by Gasteiger charge is 2.12. The van der Waals surface area contributed by atoms with E-state index in [1.165, 1.54) is 0 Å². The molecule has 17 heavy (non-hydrogen) atoms. The number of rotatable bonds is 6. The van der Waals surface area contributed by atoms with Crippen LogP contribution in [-0.4, -0.2) is 15.2 Å². The van der Waals surface area contributed by atoms with Crippen LogP contribution in [0.3, 0.4) is 0 Å². The molecule has 0 spiro atoms. The third-order valence-electron chi connectivity index (χ3n) is 2.65. The van der Waals surface area contributed by atoms with Crippen LogP contribution in [-0.2, 0) is 6.42 Å². The Morgan fingerprint density at radius 2 is 2.06 bits per heavy atom. The van der Waals surface area contributed by atoms with Crippen molar-refractivity contribution in [3.05, 3.63) is 11.4 Å². The van der Waals surface area contributed by atoms with Crippen LogP contribution in [0.2, 0.25) is 0 Å². The first-order valence-electron chi connectivity index (χ1n) is 6.13. The minimum absolute atomic E-state index is 0.559. The molecule has 0 saturated carbocycles. The summed E-state index contributed by atoms with van der Waals surface area (Å²) in [5.74, 6) is 7.12. The molecular formula is C12H22N4S. The second-order valence-electron chi connectivity index (χ2n) is 4.15. The van der Waals surface area contributed by atoms with Gasteiger partial charge in [-0.15, -0.1) is 11.8 Å². The number of aromatic nitrogens is 2. The zero-order valence-electron chi connectivity index (χ0n) is 11.1. The van der Waals surface area contributed by atoms with Crippen LogP contribution in [0.25, 0.3) is 0 Å². The minimum Gasteiger partial charge on any atom is -0.308 e. The van der Waals surface area contributed by atoms with Gasteiger partial charge in [0.2, 0.25) is 0 Å². The molecule has 0 radical (unpaired) electrons. The standard InChI is InChI=1S/C12H22N4S/c1-5-7-10-14-11(16-13)9(4)12(15-10)17-8(3)6-2/h8H,5-7,13H2,1-4H3,(H,14,15,16). The van der Waals surface area contributed by atoms with E-state index in [2.05, 4.69) is 36.2 Å². The van der Waals surface area contributed by atoms with E-state index in [0.29, 0.717) is 5.25 Å². The maximum absolute atomic E-state index is 5.50. The smallest absolute Gasteiger partial charge is 0.147 e. The van der Waals surface area contributed by atoms with Gasteiger partial charge in [-0.25, -0.2) is 15.8 Å². The van der Waals surface area contributed by atoms with Crippen LogP contribution < -0.4 is 11.3 Å². The molecule has 1 heterocycles. The number of thioether (sulfide) groups is 1. The molecule has 1 aromatic rings. The lowest BCUT2D eigenvalue weighted by molar-refractivity contribution is 0.799. The molecule has 0 aromatic carbocycles. The van der Waals surface area contributed by atoms with Crippen molar-refractivity contribution in [2.24, 2.45) is 5.84 Å². The Balaban J connectivity index is 3.04. The third-order valence-corrected chi connectivity index (χ3v) is 4.00. The summed E-state index contributed by atoms with van der Waals surface area (Å²) >= 11 is 1.79. The topological polar surface area (TPSA) is 63.8 Å². The van der Waals surface area contributed by atoms with Gasteiger partial charge in [0.15, 0.2) is 0 Å². The van der Waals surface area contributed by atoms with E-state index in [-0.39, 0.29) is 0 Å². The first kappa shape index (κ1) is 14.3. The highest BCUT2D eigenvalue weighted by atomic mass is 32.2. The number of nitrogens with zero attached hydrogens (tertiary/aromatic N) is 2. The number of hydrazine groups is 1. The van der Waals surface area contributed by atoms with Crippen LogP contribution in [0.4, 0.5) is 5.82 Å². The lowest BCUT2D eigenvalue weighted by Crippen LogP contribution is -2.13. The van der Waals surface area contributed by atoms with Crippen molar-refractivity contribution in [3.63, 3.8) is 0 Å². The highest BCUT2D eigenvalue weighted by molar-refractivity contribution is 7.99. The van der Waals surface area contributed by atoms with Crippen molar-refractivity contribution in [1.82, 2.24) is 9.97 Å². The Kier molecular flexibility index (Phi) is 5.71. The molecule has 0 aliphatic heterocycles. The summed E-state index contributed by atoms with van der Waals surface area (Å²) in [6.45, 7) is 8.53. The summed E-state index contributed by atoms with van der Waals surface area (Å²) in [7, 11) is 0. The molecule has 0 fully saturated rings. The van der Waals surface area contributed by atoms with Gasteiger partial charge < -0.3 is 5.43 Å². The first-order valence-corrected chi connectivity index (χ1v) is 7.01.